The van der Waals surface area contributed by atoms with Gasteiger partial charge in [0.15, 0.2) is 0 Å². The zero-order chi connectivity index (χ0) is 13.7. The fraction of sp³-hybridized carbons (Fsp3) is 0.500. The molecule has 2 unspecified atom stereocenters. The quantitative estimate of drug-likeness (QED) is 0.863. The number of benzene rings is 1. The number of carboxylic acid groups (broad SMARTS) is 1. The molecule has 2 atom stereocenters. The maximum Gasteiger partial charge on any atom is 0.307 e. The van der Waals surface area contributed by atoms with Gasteiger partial charge < -0.3 is 5.11 Å². The van der Waals surface area contributed by atoms with Gasteiger partial charge in [0.25, 0.3) is 0 Å². The summed E-state index contributed by atoms with van der Waals surface area (Å²) >= 11 is 0. The Hall–Kier alpha value is -1.16. The van der Waals surface area contributed by atoms with Crippen molar-refractivity contribution in [2.24, 2.45) is 5.92 Å². The lowest BCUT2D eigenvalue weighted by molar-refractivity contribution is -0.140. The van der Waals surface area contributed by atoms with Gasteiger partial charge in [-0.05, 0) is 17.0 Å². The number of aliphatic carboxylic acids is 1. The molecule has 1 rings (SSSR count). The minimum atomic E-state index is -1.12. The zero-order valence-electron chi connectivity index (χ0n) is 11.1. The molecule has 0 saturated heterocycles. The van der Waals surface area contributed by atoms with Crippen LogP contribution in [0.3, 0.4) is 0 Å². The molecule has 3 nitrogen and oxygen atoms in total. The Labute approximate surface area is 111 Å². The van der Waals surface area contributed by atoms with Crippen LogP contribution in [0.5, 0.6) is 0 Å². The predicted molar refractivity (Wildman–Crippen MR) is 74.0 cm³/mol. The van der Waals surface area contributed by atoms with Gasteiger partial charge in [0.05, 0.1) is 5.92 Å². The Morgan fingerprint density at radius 2 is 1.78 bits per heavy atom. The minimum Gasteiger partial charge on any atom is -0.481 e. The van der Waals surface area contributed by atoms with Crippen LogP contribution in [0, 0.1) is 5.92 Å². The summed E-state index contributed by atoms with van der Waals surface area (Å²) in [7, 11) is -1.12. The van der Waals surface area contributed by atoms with Crippen molar-refractivity contribution in [2.45, 2.75) is 32.4 Å². The number of hydrogen-bond acceptors (Lipinski definition) is 2. The molecule has 0 spiro atoms. The second-order valence-corrected chi connectivity index (χ2v) is 6.39. The molecule has 0 aliphatic carbocycles. The first-order valence-corrected chi connectivity index (χ1v) is 7.55. The Morgan fingerprint density at radius 3 is 2.22 bits per heavy atom. The van der Waals surface area contributed by atoms with Crippen molar-refractivity contribution in [3.8, 4) is 0 Å². The summed E-state index contributed by atoms with van der Waals surface area (Å²) in [4.78, 5) is 10.7. The lowest BCUT2D eigenvalue weighted by Crippen LogP contribution is -2.18. The molecular formula is C14H20O3S. The maximum absolute atomic E-state index is 11.8. The molecule has 0 bridgehead atoms. The van der Waals surface area contributed by atoms with Crippen LogP contribution >= 0.6 is 0 Å². The van der Waals surface area contributed by atoms with E-state index in [1.807, 2.05) is 24.3 Å². The lowest BCUT2D eigenvalue weighted by Gasteiger charge is -2.08. The molecule has 0 amide bonds. The van der Waals surface area contributed by atoms with Gasteiger partial charge >= 0.3 is 5.97 Å². The van der Waals surface area contributed by atoms with E-state index in [9.17, 15) is 9.00 Å². The van der Waals surface area contributed by atoms with E-state index in [1.54, 1.807) is 6.92 Å². The molecular weight excluding hydrogens is 248 g/mol. The van der Waals surface area contributed by atoms with Gasteiger partial charge in [0.2, 0.25) is 0 Å². The molecule has 0 fully saturated rings. The Morgan fingerprint density at radius 1 is 1.22 bits per heavy atom. The molecule has 100 valence electrons. The monoisotopic (exact) mass is 268 g/mol. The van der Waals surface area contributed by atoms with Crippen LogP contribution in [0.2, 0.25) is 0 Å². The van der Waals surface area contributed by atoms with Crippen LogP contribution in [-0.2, 0) is 21.3 Å². The molecule has 1 aromatic rings. The minimum absolute atomic E-state index is 0.210. The van der Waals surface area contributed by atoms with Gasteiger partial charge in [0.1, 0.15) is 0 Å². The van der Waals surface area contributed by atoms with Gasteiger partial charge in [-0.1, -0.05) is 45.0 Å². The SMILES string of the molecule is CC(CS(=O)Cc1ccc(C(C)C)cc1)C(=O)O. The van der Waals surface area contributed by atoms with Crippen molar-refractivity contribution in [2.75, 3.05) is 5.75 Å². The smallest absolute Gasteiger partial charge is 0.307 e. The summed E-state index contributed by atoms with van der Waals surface area (Å²) in [6.07, 6.45) is 0. The molecule has 0 heterocycles. The molecule has 1 aromatic carbocycles. The van der Waals surface area contributed by atoms with Crippen molar-refractivity contribution in [3.63, 3.8) is 0 Å². The number of carboxylic acids is 1. The third-order valence-corrected chi connectivity index (χ3v) is 4.36. The molecule has 0 aliphatic rings. The van der Waals surface area contributed by atoms with Gasteiger partial charge in [-0.25, -0.2) is 0 Å². The Kier molecular flexibility index (Phi) is 5.54. The highest BCUT2D eigenvalue weighted by Gasteiger charge is 2.14. The van der Waals surface area contributed by atoms with E-state index >= 15 is 0 Å². The van der Waals surface area contributed by atoms with E-state index in [0.29, 0.717) is 11.7 Å². The molecule has 0 aromatic heterocycles. The first-order chi connectivity index (χ1) is 8.40. The Balaban J connectivity index is 2.57. The first kappa shape index (κ1) is 14.9. The van der Waals surface area contributed by atoms with Crippen molar-refractivity contribution >= 4 is 16.8 Å². The maximum atomic E-state index is 11.8. The number of carbonyl (C=O) groups is 1. The average Bonchev–Trinajstić information content (AvgIpc) is 2.29. The molecule has 0 aliphatic heterocycles. The first-order valence-electron chi connectivity index (χ1n) is 6.06. The van der Waals surface area contributed by atoms with Crippen LogP contribution in [0.4, 0.5) is 0 Å². The van der Waals surface area contributed by atoms with E-state index in [2.05, 4.69) is 13.8 Å². The standard InChI is InChI=1S/C14H20O3S/c1-10(2)13-6-4-12(5-7-13)9-18(17)8-11(3)14(15)16/h4-7,10-11H,8-9H2,1-3H3,(H,15,16). The summed E-state index contributed by atoms with van der Waals surface area (Å²) in [5, 5.41) is 8.76. The molecule has 18 heavy (non-hydrogen) atoms. The summed E-state index contributed by atoms with van der Waals surface area (Å²) in [6.45, 7) is 5.84. The van der Waals surface area contributed by atoms with Crippen LogP contribution in [0.1, 0.15) is 37.8 Å². The van der Waals surface area contributed by atoms with Gasteiger partial charge in [0, 0.05) is 22.3 Å². The second-order valence-electron chi connectivity index (χ2n) is 4.89. The summed E-state index contributed by atoms with van der Waals surface area (Å²) in [5.41, 5.74) is 2.25. The fourth-order valence-corrected chi connectivity index (χ4v) is 2.98. The largest absolute Gasteiger partial charge is 0.481 e. The van der Waals surface area contributed by atoms with E-state index in [1.165, 1.54) is 5.56 Å². The van der Waals surface area contributed by atoms with Crippen molar-refractivity contribution in [3.05, 3.63) is 35.4 Å². The van der Waals surface area contributed by atoms with Crippen LogP contribution in [-0.4, -0.2) is 21.0 Å². The van der Waals surface area contributed by atoms with Gasteiger partial charge in [-0.2, -0.15) is 0 Å². The summed E-state index contributed by atoms with van der Waals surface area (Å²) < 4.78 is 11.8. The normalized spacial score (nSPS) is 14.4. The van der Waals surface area contributed by atoms with E-state index in [-0.39, 0.29) is 5.75 Å². The number of rotatable bonds is 6. The third kappa shape index (κ3) is 4.61. The van der Waals surface area contributed by atoms with E-state index < -0.39 is 22.7 Å². The van der Waals surface area contributed by atoms with Gasteiger partial charge in [-0.3, -0.25) is 9.00 Å². The highest BCUT2D eigenvalue weighted by molar-refractivity contribution is 7.84. The summed E-state index contributed by atoms with van der Waals surface area (Å²) in [6, 6.07) is 8.02. The summed E-state index contributed by atoms with van der Waals surface area (Å²) in [5.74, 6) is -0.326. The Bertz CT molecular complexity index is 423. The topological polar surface area (TPSA) is 54.4 Å². The fourth-order valence-electron chi connectivity index (χ4n) is 1.59. The highest BCUT2D eigenvalue weighted by Crippen LogP contribution is 2.15. The molecule has 1 N–H and O–H groups in total. The van der Waals surface area contributed by atoms with Crippen LogP contribution in [0.25, 0.3) is 0 Å². The molecule has 0 saturated carbocycles. The highest BCUT2D eigenvalue weighted by atomic mass is 32.2. The van der Waals surface area contributed by atoms with Gasteiger partial charge in [-0.15, -0.1) is 0 Å². The predicted octanol–water partition coefficient (Wildman–Crippen LogP) is 2.78. The van der Waals surface area contributed by atoms with E-state index in [0.717, 1.165) is 5.56 Å². The third-order valence-electron chi connectivity index (χ3n) is 2.83. The van der Waals surface area contributed by atoms with Crippen LogP contribution in [0.15, 0.2) is 24.3 Å². The van der Waals surface area contributed by atoms with Crippen molar-refractivity contribution in [1.82, 2.24) is 0 Å². The number of hydrogen-bond donors (Lipinski definition) is 1. The molecule has 0 radical (unpaired) electrons. The van der Waals surface area contributed by atoms with Crippen molar-refractivity contribution in [1.29, 1.82) is 0 Å². The average molecular weight is 268 g/mol. The lowest BCUT2D eigenvalue weighted by atomic mass is 10.0. The van der Waals surface area contributed by atoms with Crippen LogP contribution < -0.4 is 0 Å². The van der Waals surface area contributed by atoms with E-state index in [4.69, 9.17) is 5.11 Å². The second kappa shape index (κ2) is 6.69. The molecule has 4 heteroatoms. The van der Waals surface area contributed by atoms with Crippen molar-refractivity contribution < 1.29 is 14.1 Å². The zero-order valence-corrected chi connectivity index (χ0v) is 11.9.